The standard InChI is InChI=1S/C25H27N5O4S/c1-6-34-24(31)21-16(3)22(35-23(21)28-25(32)27-18-9-10-29(4)13-18)17-7-8-19(20(11-17)33-5)30-12-15(2)26-14-30/h7-14H,6H2,1-5H3,(H2,27,28,32). The van der Waals surface area contributed by atoms with Crippen LogP contribution in [0.4, 0.5) is 15.5 Å². The van der Waals surface area contributed by atoms with Crippen molar-refractivity contribution in [3.63, 3.8) is 0 Å². The van der Waals surface area contributed by atoms with Gasteiger partial charge >= 0.3 is 12.0 Å². The lowest BCUT2D eigenvalue weighted by Crippen LogP contribution is -2.20. The van der Waals surface area contributed by atoms with Crippen LogP contribution in [0, 0.1) is 13.8 Å². The van der Waals surface area contributed by atoms with E-state index in [1.54, 1.807) is 32.6 Å². The van der Waals surface area contributed by atoms with E-state index in [1.165, 1.54) is 11.3 Å². The van der Waals surface area contributed by atoms with Crippen LogP contribution < -0.4 is 15.4 Å². The van der Waals surface area contributed by atoms with Crippen LogP contribution in [0.2, 0.25) is 0 Å². The van der Waals surface area contributed by atoms with Crippen molar-refractivity contribution in [1.29, 1.82) is 0 Å². The topological polar surface area (TPSA) is 99.4 Å². The molecule has 1 aromatic carbocycles. The van der Waals surface area contributed by atoms with Gasteiger partial charge in [-0.1, -0.05) is 6.07 Å². The number of methoxy groups -OCH3 is 1. The first kappa shape index (κ1) is 24.1. The Hall–Kier alpha value is -4.05. The molecule has 35 heavy (non-hydrogen) atoms. The normalized spacial score (nSPS) is 10.8. The van der Waals surface area contributed by atoms with Crippen LogP contribution >= 0.6 is 11.3 Å². The van der Waals surface area contributed by atoms with E-state index in [4.69, 9.17) is 9.47 Å². The maximum absolute atomic E-state index is 12.8. The number of anilines is 2. The van der Waals surface area contributed by atoms with E-state index < -0.39 is 12.0 Å². The van der Waals surface area contributed by atoms with E-state index in [0.29, 0.717) is 22.0 Å². The fourth-order valence-corrected chi connectivity index (χ4v) is 4.94. The molecule has 0 aliphatic rings. The number of benzene rings is 1. The average Bonchev–Trinajstić information content (AvgIpc) is 3.52. The Balaban J connectivity index is 1.71. The zero-order valence-electron chi connectivity index (χ0n) is 20.2. The van der Waals surface area contributed by atoms with Gasteiger partial charge in [0.2, 0.25) is 0 Å². The maximum Gasteiger partial charge on any atom is 0.341 e. The van der Waals surface area contributed by atoms with Crippen LogP contribution in [0.25, 0.3) is 16.1 Å². The van der Waals surface area contributed by atoms with Gasteiger partial charge in [0.25, 0.3) is 0 Å². The second-order valence-corrected chi connectivity index (χ2v) is 8.96. The van der Waals surface area contributed by atoms with E-state index in [0.717, 1.165) is 27.4 Å². The quantitative estimate of drug-likeness (QED) is 0.337. The van der Waals surface area contributed by atoms with Crippen molar-refractivity contribution in [3.05, 3.63) is 66.0 Å². The Kier molecular flexibility index (Phi) is 6.92. The van der Waals surface area contributed by atoms with Crippen molar-refractivity contribution in [2.24, 2.45) is 7.05 Å². The highest BCUT2D eigenvalue weighted by Gasteiger charge is 2.25. The van der Waals surface area contributed by atoms with E-state index in [1.807, 2.05) is 60.6 Å². The Morgan fingerprint density at radius 2 is 1.94 bits per heavy atom. The second-order valence-electron chi connectivity index (χ2n) is 7.93. The van der Waals surface area contributed by atoms with Crippen molar-refractivity contribution in [3.8, 4) is 21.9 Å². The molecule has 0 fully saturated rings. The van der Waals surface area contributed by atoms with E-state index in [-0.39, 0.29) is 6.61 Å². The van der Waals surface area contributed by atoms with Crippen LogP contribution in [0.3, 0.4) is 0 Å². The van der Waals surface area contributed by atoms with Crippen molar-refractivity contribution >= 4 is 34.0 Å². The van der Waals surface area contributed by atoms with Gasteiger partial charge < -0.3 is 23.9 Å². The molecule has 0 saturated heterocycles. The van der Waals surface area contributed by atoms with Gasteiger partial charge in [0.15, 0.2) is 0 Å². The molecule has 0 radical (unpaired) electrons. The number of aryl methyl sites for hydroxylation is 2. The molecule has 0 unspecified atom stereocenters. The fourth-order valence-electron chi connectivity index (χ4n) is 3.75. The first-order chi connectivity index (χ1) is 16.8. The van der Waals surface area contributed by atoms with Gasteiger partial charge in [-0.15, -0.1) is 11.3 Å². The first-order valence-electron chi connectivity index (χ1n) is 11.0. The van der Waals surface area contributed by atoms with Crippen molar-refractivity contribution < 1.29 is 19.1 Å². The summed E-state index contributed by atoms with van der Waals surface area (Å²) in [6, 6.07) is 7.14. The van der Waals surface area contributed by atoms with Crippen LogP contribution in [-0.2, 0) is 11.8 Å². The summed E-state index contributed by atoms with van der Waals surface area (Å²) < 4.78 is 14.7. The number of carbonyl (C=O) groups excluding carboxylic acids is 2. The van der Waals surface area contributed by atoms with E-state index >= 15 is 0 Å². The number of carbonyl (C=O) groups is 2. The summed E-state index contributed by atoms with van der Waals surface area (Å²) in [7, 11) is 3.48. The van der Waals surface area contributed by atoms with Gasteiger partial charge in [-0.2, -0.15) is 0 Å². The van der Waals surface area contributed by atoms with Crippen LogP contribution in [0.5, 0.6) is 5.75 Å². The van der Waals surface area contributed by atoms with Crippen LogP contribution in [0.1, 0.15) is 28.5 Å². The van der Waals surface area contributed by atoms with Crippen LogP contribution in [-0.4, -0.2) is 39.8 Å². The Labute approximate surface area is 207 Å². The van der Waals surface area contributed by atoms with Crippen molar-refractivity contribution in [2.75, 3.05) is 24.4 Å². The highest BCUT2D eigenvalue weighted by Crippen LogP contribution is 2.42. The monoisotopic (exact) mass is 493 g/mol. The minimum absolute atomic E-state index is 0.228. The molecule has 10 heteroatoms. The average molecular weight is 494 g/mol. The molecule has 2 amide bonds. The van der Waals surface area contributed by atoms with Gasteiger partial charge in [0.05, 0.1) is 42.7 Å². The third-order valence-electron chi connectivity index (χ3n) is 5.37. The summed E-state index contributed by atoms with van der Waals surface area (Å²) in [6.45, 7) is 5.74. The van der Waals surface area contributed by atoms with Crippen molar-refractivity contribution in [1.82, 2.24) is 14.1 Å². The predicted molar refractivity (Wildman–Crippen MR) is 137 cm³/mol. The van der Waals surface area contributed by atoms with E-state index in [2.05, 4.69) is 15.6 Å². The third-order valence-corrected chi connectivity index (χ3v) is 6.63. The lowest BCUT2D eigenvalue weighted by Gasteiger charge is -2.11. The third kappa shape index (κ3) is 5.07. The summed E-state index contributed by atoms with van der Waals surface area (Å²) in [6.07, 6.45) is 7.26. The number of hydrogen-bond donors (Lipinski definition) is 2. The number of amides is 2. The number of nitrogens with zero attached hydrogens (tertiary/aromatic N) is 3. The molecule has 3 aromatic heterocycles. The fraction of sp³-hybridized carbons (Fsp3) is 0.240. The molecule has 0 atom stereocenters. The summed E-state index contributed by atoms with van der Waals surface area (Å²) in [5.41, 5.74) is 4.30. The van der Waals surface area contributed by atoms with Crippen LogP contribution in [0.15, 0.2) is 49.2 Å². The molecular weight excluding hydrogens is 466 g/mol. The molecule has 9 nitrogen and oxygen atoms in total. The van der Waals surface area contributed by atoms with E-state index in [9.17, 15) is 9.59 Å². The van der Waals surface area contributed by atoms with Gasteiger partial charge in [0, 0.05) is 30.5 Å². The molecule has 0 bridgehead atoms. The number of imidazole rings is 1. The van der Waals surface area contributed by atoms with Gasteiger partial charge in [-0.05, 0) is 50.1 Å². The Bertz CT molecular complexity index is 1380. The highest BCUT2D eigenvalue weighted by molar-refractivity contribution is 7.20. The SMILES string of the molecule is CCOC(=O)c1c(NC(=O)Nc2ccn(C)c2)sc(-c2ccc(-n3cnc(C)c3)c(OC)c2)c1C. The lowest BCUT2D eigenvalue weighted by molar-refractivity contribution is 0.0527. The Morgan fingerprint density at radius 3 is 2.57 bits per heavy atom. The maximum atomic E-state index is 12.8. The number of nitrogens with one attached hydrogen (secondary N) is 2. The molecule has 2 N–H and O–H groups in total. The largest absolute Gasteiger partial charge is 0.495 e. The minimum atomic E-state index is -0.486. The second kappa shape index (κ2) is 10.1. The summed E-state index contributed by atoms with van der Waals surface area (Å²) in [5.74, 6) is 0.168. The number of ether oxygens (including phenoxy) is 2. The Morgan fingerprint density at radius 1 is 1.14 bits per heavy atom. The van der Waals surface area contributed by atoms with Crippen molar-refractivity contribution in [2.45, 2.75) is 20.8 Å². The lowest BCUT2D eigenvalue weighted by atomic mass is 10.1. The number of urea groups is 1. The van der Waals surface area contributed by atoms with Gasteiger partial charge in [0.1, 0.15) is 10.8 Å². The minimum Gasteiger partial charge on any atom is -0.495 e. The first-order valence-corrected chi connectivity index (χ1v) is 11.8. The number of thiophene rings is 1. The summed E-state index contributed by atoms with van der Waals surface area (Å²) >= 11 is 1.31. The molecule has 0 aliphatic heterocycles. The summed E-state index contributed by atoms with van der Waals surface area (Å²) in [4.78, 5) is 30.6. The zero-order chi connectivity index (χ0) is 25.1. The van der Waals surface area contributed by atoms with Gasteiger partial charge in [-0.25, -0.2) is 14.6 Å². The number of rotatable bonds is 7. The number of hydrogen-bond acceptors (Lipinski definition) is 6. The number of aromatic nitrogens is 3. The highest BCUT2D eigenvalue weighted by atomic mass is 32.1. The summed E-state index contributed by atoms with van der Waals surface area (Å²) in [5, 5.41) is 6.02. The number of esters is 1. The smallest absolute Gasteiger partial charge is 0.341 e. The molecule has 0 aliphatic carbocycles. The predicted octanol–water partition coefficient (Wildman–Crippen LogP) is 5.39. The zero-order valence-corrected chi connectivity index (χ0v) is 21.0. The molecular formula is C25H27N5O4S. The molecule has 0 saturated carbocycles. The molecule has 0 spiro atoms. The molecule has 182 valence electrons. The molecule has 4 rings (SSSR count). The molecule has 3 heterocycles. The molecule has 4 aromatic rings. The van der Waals surface area contributed by atoms with Gasteiger partial charge in [-0.3, -0.25) is 5.32 Å².